The minimum atomic E-state index is -3.97. The average Bonchev–Trinajstić information content (AvgIpc) is 2.69. The fraction of sp³-hybridized carbons (Fsp3) is 0. The minimum absolute atomic E-state index is 0.114. The second-order valence-electron chi connectivity index (χ2n) is 5.75. The predicted octanol–water partition coefficient (Wildman–Crippen LogP) is 3.75. The van der Waals surface area contributed by atoms with E-state index < -0.39 is 21.7 Å². The average molecular weight is 395 g/mol. The normalized spacial score (nSPS) is 10.7. The van der Waals surface area contributed by atoms with Gasteiger partial charge in [0.2, 0.25) is 0 Å². The first-order chi connectivity index (χ1) is 13.4. The van der Waals surface area contributed by atoms with Crippen LogP contribution in [0.25, 0.3) is 0 Å². The van der Waals surface area contributed by atoms with Crippen LogP contribution in [-0.4, -0.2) is 14.3 Å². The van der Waals surface area contributed by atoms with E-state index >= 15 is 0 Å². The van der Waals surface area contributed by atoms with E-state index in [0.29, 0.717) is 5.56 Å². The molecule has 0 spiro atoms. The molecule has 0 saturated carbocycles. The van der Waals surface area contributed by atoms with Crippen molar-refractivity contribution < 1.29 is 17.6 Å². The second-order valence-corrected chi connectivity index (χ2v) is 7.43. The lowest BCUT2D eigenvalue weighted by Crippen LogP contribution is -2.17. The number of para-hydroxylation sites is 2. The molecule has 3 aromatic rings. The van der Waals surface area contributed by atoms with Crippen LogP contribution in [0.5, 0.6) is 0 Å². The lowest BCUT2D eigenvalue weighted by Gasteiger charge is -2.13. The minimum Gasteiger partial charge on any atom is -0.320 e. The summed E-state index contributed by atoms with van der Waals surface area (Å²) in [7, 11) is -3.97. The molecule has 0 fully saturated rings. The molecule has 0 saturated heterocycles. The molecule has 0 aliphatic carbocycles. The lowest BCUT2D eigenvalue weighted by atomic mass is 10.1. The predicted molar refractivity (Wildman–Crippen MR) is 103 cm³/mol. The largest absolute Gasteiger partial charge is 0.320 e. The van der Waals surface area contributed by atoms with Gasteiger partial charge < -0.3 is 5.32 Å². The van der Waals surface area contributed by atoms with Crippen molar-refractivity contribution in [3.8, 4) is 6.07 Å². The fourth-order valence-electron chi connectivity index (χ4n) is 2.42. The maximum absolute atomic E-state index is 13.0. The van der Waals surface area contributed by atoms with Gasteiger partial charge >= 0.3 is 0 Å². The zero-order chi connectivity index (χ0) is 20.1. The number of nitriles is 1. The number of rotatable bonds is 5. The van der Waals surface area contributed by atoms with Gasteiger partial charge in [-0.1, -0.05) is 18.2 Å². The number of benzene rings is 3. The number of carbonyl (C=O) groups is 1. The van der Waals surface area contributed by atoms with Crippen molar-refractivity contribution in [3.05, 3.63) is 89.7 Å². The van der Waals surface area contributed by atoms with Crippen molar-refractivity contribution in [3.63, 3.8) is 0 Å². The Morgan fingerprint density at radius 3 is 2.29 bits per heavy atom. The van der Waals surface area contributed by atoms with Gasteiger partial charge in [-0.25, -0.2) is 12.8 Å². The summed E-state index contributed by atoms with van der Waals surface area (Å²) in [6.45, 7) is 0. The van der Waals surface area contributed by atoms with E-state index in [1.165, 1.54) is 18.2 Å². The van der Waals surface area contributed by atoms with Gasteiger partial charge in [0.05, 0.1) is 27.9 Å². The van der Waals surface area contributed by atoms with E-state index in [1.54, 1.807) is 30.3 Å². The molecule has 0 aromatic heterocycles. The molecule has 0 unspecified atom stereocenters. The number of hydrogen-bond donors (Lipinski definition) is 2. The van der Waals surface area contributed by atoms with Gasteiger partial charge in [-0.2, -0.15) is 5.26 Å². The number of anilines is 2. The Kier molecular flexibility index (Phi) is 5.38. The molecule has 3 aromatic carbocycles. The van der Waals surface area contributed by atoms with Gasteiger partial charge in [0.25, 0.3) is 15.9 Å². The molecular formula is C20H14FN3O3S. The maximum atomic E-state index is 13.0. The monoisotopic (exact) mass is 395 g/mol. The molecule has 28 heavy (non-hydrogen) atoms. The Hall–Kier alpha value is -3.70. The van der Waals surface area contributed by atoms with Crippen molar-refractivity contribution in [1.82, 2.24) is 0 Å². The molecule has 0 radical (unpaired) electrons. The summed E-state index contributed by atoms with van der Waals surface area (Å²) >= 11 is 0. The van der Waals surface area contributed by atoms with E-state index in [0.717, 1.165) is 24.3 Å². The van der Waals surface area contributed by atoms with Crippen LogP contribution in [0.3, 0.4) is 0 Å². The molecule has 140 valence electrons. The van der Waals surface area contributed by atoms with Crippen LogP contribution in [0.15, 0.2) is 77.7 Å². The van der Waals surface area contributed by atoms with Gasteiger partial charge in [0.1, 0.15) is 5.82 Å². The number of hydrogen-bond acceptors (Lipinski definition) is 4. The summed E-state index contributed by atoms with van der Waals surface area (Å²) < 4.78 is 40.5. The maximum Gasteiger partial charge on any atom is 0.261 e. The highest BCUT2D eigenvalue weighted by molar-refractivity contribution is 7.92. The standard InChI is InChI=1S/C20H14FN3O3S/c21-16-8-10-17(11-9-16)28(26,27)24-19-7-2-1-6-18(19)23-20(25)15-5-3-4-14(12-15)13-22/h1-12,24H,(H,23,25). The van der Waals surface area contributed by atoms with E-state index in [9.17, 15) is 17.6 Å². The number of carbonyl (C=O) groups excluding carboxylic acids is 1. The van der Waals surface area contributed by atoms with E-state index in [-0.39, 0.29) is 21.8 Å². The third kappa shape index (κ3) is 4.34. The van der Waals surface area contributed by atoms with Crippen LogP contribution in [0.1, 0.15) is 15.9 Å². The van der Waals surface area contributed by atoms with Crippen LogP contribution in [0.4, 0.5) is 15.8 Å². The number of nitrogens with one attached hydrogen (secondary N) is 2. The summed E-state index contributed by atoms with van der Waals surface area (Å²) in [5, 5.41) is 11.6. The molecule has 6 nitrogen and oxygen atoms in total. The van der Waals surface area contributed by atoms with Crippen molar-refractivity contribution in [2.75, 3.05) is 10.0 Å². The van der Waals surface area contributed by atoms with Gasteiger partial charge in [-0.15, -0.1) is 0 Å². The third-order valence-corrected chi connectivity index (χ3v) is 5.18. The first-order valence-corrected chi connectivity index (χ1v) is 9.56. The van der Waals surface area contributed by atoms with Gasteiger partial charge in [-0.3, -0.25) is 9.52 Å². The van der Waals surface area contributed by atoms with Crippen LogP contribution in [0.2, 0.25) is 0 Å². The van der Waals surface area contributed by atoms with Crippen molar-refractivity contribution in [1.29, 1.82) is 5.26 Å². The molecule has 3 rings (SSSR count). The Morgan fingerprint density at radius 2 is 1.61 bits per heavy atom. The topological polar surface area (TPSA) is 99.1 Å². The molecule has 0 aliphatic rings. The molecule has 0 bridgehead atoms. The van der Waals surface area contributed by atoms with Gasteiger partial charge in [0, 0.05) is 5.56 Å². The Morgan fingerprint density at radius 1 is 0.929 bits per heavy atom. The first-order valence-electron chi connectivity index (χ1n) is 8.08. The number of sulfonamides is 1. The SMILES string of the molecule is N#Cc1cccc(C(=O)Nc2ccccc2NS(=O)(=O)c2ccc(F)cc2)c1. The van der Waals surface area contributed by atoms with Crippen LogP contribution in [0, 0.1) is 17.1 Å². The van der Waals surface area contributed by atoms with Gasteiger partial charge in [0.15, 0.2) is 0 Å². The molecule has 0 aliphatic heterocycles. The summed E-state index contributed by atoms with van der Waals surface area (Å²) in [5.74, 6) is -1.04. The van der Waals surface area contributed by atoms with E-state index in [2.05, 4.69) is 10.0 Å². The van der Waals surface area contributed by atoms with Crippen molar-refractivity contribution in [2.45, 2.75) is 4.90 Å². The highest BCUT2D eigenvalue weighted by Crippen LogP contribution is 2.25. The quantitative estimate of drug-likeness (QED) is 0.687. The van der Waals surface area contributed by atoms with Crippen LogP contribution < -0.4 is 10.0 Å². The summed E-state index contributed by atoms with van der Waals surface area (Å²) in [5.41, 5.74) is 0.977. The third-order valence-electron chi connectivity index (χ3n) is 3.80. The molecule has 0 heterocycles. The number of halogens is 1. The number of nitrogens with zero attached hydrogens (tertiary/aromatic N) is 1. The molecule has 2 N–H and O–H groups in total. The van der Waals surface area contributed by atoms with E-state index in [4.69, 9.17) is 5.26 Å². The highest BCUT2D eigenvalue weighted by atomic mass is 32.2. The molecule has 1 amide bonds. The van der Waals surface area contributed by atoms with Crippen LogP contribution in [-0.2, 0) is 10.0 Å². The molecular weight excluding hydrogens is 381 g/mol. The van der Waals surface area contributed by atoms with Crippen molar-refractivity contribution >= 4 is 27.3 Å². The first kappa shape index (κ1) is 19.1. The molecule has 8 heteroatoms. The van der Waals surface area contributed by atoms with Gasteiger partial charge in [-0.05, 0) is 54.6 Å². The fourth-order valence-corrected chi connectivity index (χ4v) is 3.50. The molecule has 0 atom stereocenters. The van der Waals surface area contributed by atoms with E-state index in [1.807, 2.05) is 6.07 Å². The zero-order valence-corrected chi connectivity index (χ0v) is 15.2. The second kappa shape index (κ2) is 7.90. The summed E-state index contributed by atoms with van der Waals surface area (Å²) in [6, 6.07) is 18.7. The lowest BCUT2D eigenvalue weighted by molar-refractivity contribution is 0.102. The summed E-state index contributed by atoms with van der Waals surface area (Å²) in [6.07, 6.45) is 0. The summed E-state index contributed by atoms with van der Waals surface area (Å²) in [4.78, 5) is 12.4. The highest BCUT2D eigenvalue weighted by Gasteiger charge is 2.17. The van der Waals surface area contributed by atoms with Crippen molar-refractivity contribution in [2.24, 2.45) is 0 Å². The Labute approximate surface area is 161 Å². The smallest absolute Gasteiger partial charge is 0.261 e. The Balaban J connectivity index is 1.86. The zero-order valence-electron chi connectivity index (χ0n) is 14.4. The number of amides is 1. The Bertz CT molecular complexity index is 1170. The van der Waals surface area contributed by atoms with Crippen LogP contribution >= 0.6 is 0 Å².